The summed E-state index contributed by atoms with van der Waals surface area (Å²) in [6.07, 6.45) is -4.75. The smallest absolute Gasteiger partial charge is 0.388 e. The summed E-state index contributed by atoms with van der Waals surface area (Å²) >= 11 is 1.77. The van der Waals surface area contributed by atoms with Crippen molar-refractivity contribution in [3.8, 4) is 11.9 Å². The van der Waals surface area contributed by atoms with Gasteiger partial charge in [-0.15, -0.1) is 13.2 Å². The predicted octanol–water partition coefficient (Wildman–Crippen LogP) is 2.96. The summed E-state index contributed by atoms with van der Waals surface area (Å²) in [7, 11) is 0. The molecule has 0 fully saturated rings. The van der Waals surface area contributed by atoms with Gasteiger partial charge < -0.3 is 4.74 Å². The van der Waals surface area contributed by atoms with E-state index in [2.05, 4.69) is 9.72 Å². The van der Waals surface area contributed by atoms with Crippen LogP contribution in [0.1, 0.15) is 11.1 Å². The number of nitrogens with zero attached hydrogens (tertiary/aromatic N) is 2. The number of nitriles is 1. The second-order valence-electron chi connectivity index (χ2n) is 2.92. The van der Waals surface area contributed by atoms with Crippen LogP contribution in [-0.2, 0) is 6.42 Å². The van der Waals surface area contributed by atoms with Gasteiger partial charge in [-0.25, -0.2) is 4.98 Å². The van der Waals surface area contributed by atoms with Crippen LogP contribution in [0.5, 0.6) is 5.88 Å². The van der Waals surface area contributed by atoms with Crippen molar-refractivity contribution in [3.05, 3.63) is 20.9 Å². The number of aromatic nitrogens is 1. The molecule has 16 heavy (non-hydrogen) atoms. The lowest BCUT2D eigenvalue weighted by Crippen LogP contribution is -2.19. The molecule has 1 rings (SSSR count). The topological polar surface area (TPSA) is 45.9 Å². The van der Waals surface area contributed by atoms with Gasteiger partial charge >= 0.3 is 6.36 Å². The first kappa shape index (κ1) is 13.0. The van der Waals surface area contributed by atoms with E-state index in [0.29, 0.717) is 9.26 Å². The molecule has 0 atom stereocenters. The number of halogens is 4. The van der Waals surface area contributed by atoms with Crippen molar-refractivity contribution in [1.29, 1.82) is 5.26 Å². The van der Waals surface area contributed by atoms with Gasteiger partial charge in [0.05, 0.1) is 12.5 Å². The van der Waals surface area contributed by atoms with Gasteiger partial charge in [0.1, 0.15) is 3.70 Å². The molecule has 0 unspecified atom stereocenters. The molecular formula is C9H6F3IN2O. The fourth-order valence-corrected chi connectivity index (χ4v) is 1.68. The minimum Gasteiger partial charge on any atom is -0.388 e. The Morgan fingerprint density at radius 2 is 2.19 bits per heavy atom. The van der Waals surface area contributed by atoms with E-state index in [1.807, 2.05) is 6.07 Å². The van der Waals surface area contributed by atoms with E-state index < -0.39 is 12.2 Å². The highest BCUT2D eigenvalue weighted by Gasteiger charge is 2.33. The normalized spacial score (nSPS) is 11.0. The summed E-state index contributed by atoms with van der Waals surface area (Å²) in [6, 6.07) is 3.43. The predicted molar refractivity (Wildman–Crippen MR) is 57.7 cm³/mol. The lowest BCUT2D eigenvalue weighted by molar-refractivity contribution is -0.276. The van der Waals surface area contributed by atoms with Gasteiger partial charge in [-0.2, -0.15) is 5.26 Å². The van der Waals surface area contributed by atoms with E-state index in [-0.39, 0.29) is 12.0 Å². The molecule has 1 aromatic rings. The Bertz CT molecular complexity index is 440. The molecule has 0 N–H and O–H groups in total. The van der Waals surface area contributed by atoms with Crippen LogP contribution >= 0.6 is 22.6 Å². The largest absolute Gasteiger partial charge is 0.574 e. The number of hydrogen-bond acceptors (Lipinski definition) is 3. The molecule has 0 bridgehead atoms. The van der Waals surface area contributed by atoms with Crippen LogP contribution in [0.3, 0.4) is 0 Å². The van der Waals surface area contributed by atoms with Crippen LogP contribution < -0.4 is 4.74 Å². The minimum atomic E-state index is -4.77. The second-order valence-corrected chi connectivity index (χ2v) is 4.02. The molecule has 0 saturated heterocycles. The zero-order chi connectivity index (χ0) is 12.3. The second kappa shape index (κ2) is 4.86. The zero-order valence-corrected chi connectivity index (χ0v) is 10.3. The molecule has 0 spiro atoms. The third-order valence-corrected chi connectivity index (χ3v) is 2.34. The highest BCUT2D eigenvalue weighted by Crippen LogP contribution is 2.27. The molecule has 0 amide bonds. The van der Waals surface area contributed by atoms with Gasteiger partial charge in [-0.1, -0.05) is 0 Å². The molecule has 1 aromatic heterocycles. The molecule has 86 valence electrons. The van der Waals surface area contributed by atoms with Gasteiger partial charge in [0.2, 0.25) is 5.88 Å². The van der Waals surface area contributed by atoms with E-state index in [0.717, 1.165) is 0 Å². The Morgan fingerprint density at radius 3 is 2.69 bits per heavy atom. The van der Waals surface area contributed by atoms with Crippen LogP contribution in [0.25, 0.3) is 0 Å². The minimum absolute atomic E-state index is 0.0264. The first-order valence-corrected chi connectivity index (χ1v) is 5.20. The summed E-state index contributed by atoms with van der Waals surface area (Å²) in [5.41, 5.74) is 0.723. The quantitative estimate of drug-likeness (QED) is 0.613. The SMILES string of the molecule is Cc1c(CC#N)cc(I)nc1OC(F)(F)F. The Hall–Kier alpha value is -1.04. The summed E-state index contributed by atoms with van der Waals surface area (Å²) < 4.78 is 40.3. The van der Waals surface area contributed by atoms with E-state index in [9.17, 15) is 13.2 Å². The number of hydrogen-bond donors (Lipinski definition) is 0. The van der Waals surface area contributed by atoms with Crippen molar-refractivity contribution in [3.63, 3.8) is 0 Å². The summed E-state index contributed by atoms with van der Waals surface area (Å²) in [5, 5.41) is 8.52. The van der Waals surface area contributed by atoms with Crippen molar-refractivity contribution < 1.29 is 17.9 Å². The fraction of sp³-hybridized carbons (Fsp3) is 0.333. The summed E-state index contributed by atoms with van der Waals surface area (Å²) in [5.74, 6) is -0.496. The Labute approximate surface area is 103 Å². The molecule has 0 saturated carbocycles. The van der Waals surface area contributed by atoms with Crippen molar-refractivity contribution in [2.75, 3.05) is 0 Å². The average Bonchev–Trinajstić information content (AvgIpc) is 2.11. The number of pyridine rings is 1. The number of ether oxygens (including phenoxy) is 1. The van der Waals surface area contributed by atoms with Crippen LogP contribution in [0.4, 0.5) is 13.2 Å². The zero-order valence-electron chi connectivity index (χ0n) is 8.10. The monoisotopic (exact) mass is 342 g/mol. The van der Waals surface area contributed by atoms with Crippen molar-refractivity contribution >= 4 is 22.6 Å². The van der Waals surface area contributed by atoms with E-state index >= 15 is 0 Å². The molecule has 0 aliphatic heterocycles. The standard InChI is InChI=1S/C9H6F3IN2O/c1-5-6(2-3-14)4-7(13)15-8(5)16-9(10,11)12/h4H,2H2,1H3. The van der Waals surface area contributed by atoms with Crippen LogP contribution in [0.2, 0.25) is 0 Å². The first-order valence-electron chi connectivity index (χ1n) is 4.12. The van der Waals surface area contributed by atoms with Crippen molar-refractivity contribution in [2.45, 2.75) is 19.7 Å². The van der Waals surface area contributed by atoms with Gasteiger partial charge in [0.15, 0.2) is 0 Å². The maximum absolute atomic E-state index is 12.0. The third-order valence-electron chi connectivity index (χ3n) is 1.79. The molecule has 7 heteroatoms. The maximum atomic E-state index is 12.0. The van der Waals surface area contributed by atoms with Crippen LogP contribution in [-0.4, -0.2) is 11.3 Å². The molecule has 3 nitrogen and oxygen atoms in total. The lowest BCUT2D eigenvalue weighted by atomic mass is 10.1. The van der Waals surface area contributed by atoms with Gasteiger partial charge in [0, 0.05) is 5.56 Å². The average molecular weight is 342 g/mol. The van der Waals surface area contributed by atoms with E-state index in [1.54, 1.807) is 28.7 Å². The van der Waals surface area contributed by atoms with Crippen molar-refractivity contribution in [1.82, 2.24) is 4.98 Å². The van der Waals surface area contributed by atoms with E-state index in [1.165, 1.54) is 6.92 Å². The molecule has 0 aliphatic carbocycles. The first-order chi connectivity index (χ1) is 7.33. The summed E-state index contributed by atoms with van der Waals surface area (Å²) in [6.45, 7) is 1.44. The highest BCUT2D eigenvalue weighted by molar-refractivity contribution is 14.1. The maximum Gasteiger partial charge on any atom is 0.574 e. The fourth-order valence-electron chi connectivity index (χ4n) is 1.08. The van der Waals surface area contributed by atoms with Crippen LogP contribution in [0.15, 0.2) is 6.07 Å². The summed E-state index contributed by atoms with van der Waals surface area (Å²) in [4.78, 5) is 3.64. The molecule has 0 radical (unpaired) electrons. The molecule has 1 heterocycles. The highest BCUT2D eigenvalue weighted by atomic mass is 127. The number of rotatable bonds is 2. The van der Waals surface area contributed by atoms with Gasteiger partial charge in [-0.3, -0.25) is 0 Å². The van der Waals surface area contributed by atoms with E-state index in [4.69, 9.17) is 5.26 Å². The molecular weight excluding hydrogens is 336 g/mol. The van der Waals surface area contributed by atoms with Gasteiger partial charge in [0.25, 0.3) is 0 Å². The lowest BCUT2D eigenvalue weighted by Gasteiger charge is -2.12. The number of alkyl halides is 3. The Kier molecular flexibility index (Phi) is 3.96. The third kappa shape index (κ3) is 3.52. The van der Waals surface area contributed by atoms with Crippen LogP contribution in [0, 0.1) is 22.0 Å². The van der Waals surface area contributed by atoms with Crippen molar-refractivity contribution in [2.24, 2.45) is 0 Å². The Balaban J connectivity index is 3.15. The van der Waals surface area contributed by atoms with Gasteiger partial charge in [-0.05, 0) is 41.1 Å². The Morgan fingerprint density at radius 1 is 1.56 bits per heavy atom. The molecule has 0 aromatic carbocycles. The molecule has 0 aliphatic rings.